The molecule has 1 N–H and O–H groups in total. The van der Waals surface area contributed by atoms with Crippen LogP contribution in [0.2, 0.25) is 5.02 Å². The fraction of sp³-hybridized carbons (Fsp3) is 0.158. The zero-order chi connectivity index (χ0) is 17.8. The van der Waals surface area contributed by atoms with E-state index in [2.05, 4.69) is 16.9 Å². The van der Waals surface area contributed by atoms with E-state index in [4.69, 9.17) is 11.6 Å². The monoisotopic (exact) mass is 357 g/mol. The van der Waals surface area contributed by atoms with Crippen LogP contribution < -0.4 is 5.32 Å². The molecule has 6 heteroatoms. The van der Waals surface area contributed by atoms with Crippen molar-refractivity contribution in [2.24, 2.45) is 0 Å². The highest BCUT2D eigenvalue weighted by atomic mass is 35.5. The summed E-state index contributed by atoms with van der Waals surface area (Å²) in [7, 11) is 0. The van der Waals surface area contributed by atoms with Crippen molar-refractivity contribution in [1.82, 2.24) is 14.9 Å². The number of para-hydroxylation sites is 2. The van der Waals surface area contributed by atoms with Crippen LogP contribution in [-0.2, 0) is 17.8 Å². The number of fused-ring (bicyclic) bond motifs is 1. The number of halogens is 2. The zero-order valence-corrected chi connectivity index (χ0v) is 14.3. The number of aromatic nitrogens is 2. The van der Waals surface area contributed by atoms with Crippen molar-refractivity contribution in [2.75, 3.05) is 6.54 Å². The minimum atomic E-state index is -0.351. The van der Waals surface area contributed by atoms with E-state index in [-0.39, 0.29) is 18.3 Å². The van der Waals surface area contributed by atoms with Crippen molar-refractivity contribution in [2.45, 2.75) is 13.0 Å². The molecule has 1 amide bonds. The van der Waals surface area contributed by atoms with Gasteiger partial charge in [-0.25, -0.2) is 9.37 Å². The molecule has 0 aliphatic heterocycles. The van der Waals surface area contributed by atoms with Gasteiger partial charge in [0, 0.05) is 23.6 Å². The summed E-state index contributed by atoms with van der Waals surface area (Å²) in [5, 5.41) is 3.11. The number of benzene rings is 2. The quantitative estimate of drug-likeness (QED) is 0.683. The van der Waals surface area contributed by atoms with Gasteiger partial charge >= 0.3 is 0 Å². The molecular weight excluding hydrogens is 341 g/mol. The van der Waals surface area contributed by atoms with Crippen LogP contribution in [0.1, 0.15) is 11.4 Å². The molecule has 1 aromatic heterocycles. The topological polar surface area (TPSA) is 46.9 Å². The summed E-state index contributed by atoms with van der Waals surface area (Å²) in [6, 6.07) is 12.3. The SMILES string of the molecule is C=CC(=O)NCCc1nc2ccccc2n1Cc1c(F)cccc1Cl. The number of rotatable bonds is 6. The molecule has 0 spiro atoms. The Balaban J connectivity index is 1.95. The Hall–Kier alpha value is -2.66. The van der Waals surface area contributed by atoms with E-state index in [9.17, 15) is 9.18 Å². The van der Waals surface area contributed by atoms with Crippen LogP contribution in [0.4, 0.5) is 4.39 Å². The number of amides is 1. The summed E-state index contributed by atoms with van der Waals surface area (Å²) in [5.41, 5.74) is 2.13. The van der Waals surface area contributed by atoms with Gasteiger partial charge in [0.1, 0.15) is 11.6 Å². The Morgan fingerprint density at radius 2 is 2.08 bits per heavy atom. The Labute approximate surface area is 149 Å². The van der Waals surface area contributed by atoms with Crippen LogP contribution in [0.5, 0.6) is 0 Å². The number of hydrogen-bond donors (Lipinski definition) is 1. The fourth-order valence-corrected chi connectivity index (χ4v) is 2.93. The standard InChI is InChI=1S/C19H17ClFN3O/c1-2-19(25)22-11-10-18-23-16-8-3-4-9-17(16)24(18)12-13-14(20)6-5-7-15(13)21/h2-9H,1,10-12H2,(H,22,25). The van der Waals surface area contributed by atoms with Crippen LogP contribution in [0.15, 0.2) is 55.1 Å². The van der Waals surface area contributed by atoms with Gasteiger partial charge in [-0.05, 0) is 30.3 Å². The minimum absolute atomic E-state index is 0.236. The van der Waals surface area contributed by atoms with Gasteiger partial charge in [-0.3, -0.25) is 4.79 Å². The van der Waals surface area contributed by atoms with Gasteiger partial charge in [-0.2, -0.15) is 0 Å². The molecule has 3 aromatic rings. The van der Waals surface area contributed by atoms with Gasteiger partial charge in [0.05, 0.1) is 17.6 Å². The first kappa shape index (κ1) is 17.2. The molecule has 2 aromatic carbocycles. The molecule has 0 atom stereocenters. The smallest absolute Gasteiger partial charge is 0.243 e. The van der Waals surface area contributed by atoms with Crippen LogP contribution in [0.3, 0.4) is 0 Å². The molecule has 0 saturated heterocycles. The van der Waals surface area contributed by atoms with Crippen molar-refractivity contribution < 1.29 is 9.18 Å². The average molecular weight is 358 g/mol. The van der Waals surface area contributed by atoms with Crippen LogP contribution in [-0.4, -0.2) is 22.0 Å². The first-order chi connectivity index (χ1) is 12.1. The molecule has 0 radical (unpaired) electrons. The number of carbonyl (C=O) groups is 1. The van der Waals surface area contributed by atoms with E-state index in [0.717, 1.165) is 16.9 Å². The van der Waals surface area contributed by atoms with E-state index in [1.807, 2.05) is 28.8 Å². The highest BCUT2D eigenvalue weighted by Crippen LogP contribution is 2.24. The molecule has 0 saturated carbocycles. The van der Waals surface area contributed by atoms with Gasteiger partial charge in [0.15, 0.2) is 0 Å². The van der Waals surface area contributed by atoms with Crippen LogP contribution >= 0.6 is 11.6 Å². The number of carbonyl (C=O) groups excluding carboxylic acids is 1. The lowest BCUT2D eigenvalue weighted by Crippen LogP contribution is -2.24. The molecule has 25 heavy (non-hydrogen) atoms. The molecule has 1 heterocycles. The summed E-state index contributed by atoms with van der Waals surface area (Å²) < 4.78 is 16.1. The molecule has 0 fully saturated rings. The number of hydrogen-bond acceptors (Lipinski definition) is 2. The van der Waals surface area contributed by atoms with E-state index < -0.39 is 0 Å². The van der Waals surface area contributed by atoms with Gasteiger partial charge in [-0.1, -0.05) is 36.4 Å². The fourth-order valence-electron chi connectivity index (χ4n) is 2.70. The van der Waals surface area contributed by atoms with Gasteiger partial charge in [0.25, 0.3) is 0 Å². The molecule has 3 rings (SSSR count). The third-order valence-electron chi connectivity index (χ3n) is 3.94. The summed E-state index contributed by atoms with van der Waals surface area (Å²) in [6.45, 7) is 4.12. The van der Waals surface area contributed by atoms with Crippen molar-refractivity contribution in [3.63, 3.8) is 0 Å². The van der Waals surface area contributed by atoms with E-state index in [0.29, 0.717) is 23.6 Å². The van der Waals surface area contributed by atoms with Gasteiger partial charge in [0.2, 0.25) is 5.91 Å². The van der Waals surface area contributed by atoms with Crippen LogP contribution in [0.25, 0.3) is 11.0 Å². The molecule has 0 unspecified atom stereocenters. The van der Waals surface area contributed by atoms with E-state index in [1.54, 1.807) is 12.1 Å². The predicted octanol–water partition coefficient (Wildman–Crippen LogP) is 3.72. The van der Waals surface area contributed by atoms with Crippen molar-refractivity contribution in [1.29, 1.82) is 0 Å². The number of imidazole rings is 1. The summed E-state index contributed by atoms with van der Waals surface area (Å²) in [6.07, 6.45) is 1.74. The lowest BCUT2D eigenvalue weighted by molar-refractivity contribution is -0.116. The van der Waals surface area contributed by atoms with Gasteiger partial charge < -0.3 is 9.88 Å². The van der Waals surface area contributed by atoms with E-state index in [1.165, 1.54) is 12.1 Å². The largest absolute Gasteiger partial charge is 0.352 e. The Morgan fingerprint density at radius 1 is 1.28 bits per heavy atom. The molecule has 128 valence electrons. The van der Waals surface area contributed by atoms with Gasteiger partial charge in [-0.15, -0.1) is 0 Å². The zero-order valence-electron chi connectivity index (χ0n) is 13.5. The predicted molar refractivity (Wildman–Crippen MR) is 97.2 cm³/mol. The second kappa shape index (κ2) is 7.49. The minimum Gasteiger partial charge on any atom is -0.352 e. The highest BCUT2D eigenvalue weighted by Gasteiger charge is 2.14. The second-order valence-corrected chi connectivity index (χ2v) is 5.96. The van der Waals surface area contributed by atoms with E-state index >= 15 is 0 Å². The molecule has 4 nitrogen and oxygen atoms in total. The maximum atomic E-state index is 14.2. The number of nitrogens with one attached hydrogen (secondary N) is 1. The lowest BCUT2D eigenvalue weighted by Gasteiger charge is -2.12. The maximum absolute atomic E-state index is 14.2. The van der Waals surface area contributed by atoms with Crippen molar-refractivity contribution in [3.8, 4) is 0 Å². The van der Waals surface area contributed by atoms with Crippen molar-refractivity contribution in [3.05, 3.63) is 77.3 Å². The summed E-state index contributed by atoms with van der Waals surface area (Å²) in [5.74, 6) is 0.167. The summed E-state index contributed by atoms with van der Waals surface area (Å²) in [4.78, 5) is 15.9. The van der Waals surface area contributed by atoms with Crippen molar-refractivity contribution >= 4 is 28.5 Å². The molecule has 0 bridgehead atoms. The lowest BCUT2D eigenvalue weighted by atomic mass is 10.2. The maximum Gasteiger partial charge on any atom is 0.243 e. The average Bonchev–Trinajstić information content (AvgIpc) is 2.95. The first-order valence-electron chi connectivity index (χ1n) is 7.87. The molecular formula is C19H17ClFN3O. The Bertz CT molecular complexity index is 915. The second-order valence-electron chi connectivity index (χ2n) is 5.55. The molecule has 0 aliphatic rings. The third-order valence-corrected chi connectivity index (χ3v) is 4.30. The number of nitrogens with zero attached hydrogens (tertiary/aromatic N) is 2. The molecule has 0 aliphatic carbocycles. The third kappa shape index (κ3) is 3.72. The van der Waals surface area contributed by atoms with Crippen LogP contribution in [0, 0.1) is 5.82 Å². The highest BCUT2D eigenvalue weighted by molar-refractivity contribution is 6.31. The first-order valence-corrected chi connectivity index (χ1v) is 8.25. The normalized spacial score (nSPS) is 10.8. The summed E-state index contributed by atoms with van der Waals surface area (Å²) >= 11 is 6.17. The Kier molecular flexibility index (Phi) is 5.14. The Morgan fingerprint density at radius 3 is 2.84 bits per heavy atom.